The zero-order valence-electron chi connectivity index (χ0n) is 12.4. The summed E-state index contributed by atoms with van der Waals surface area (Å²) in [5.41, 5.74) is 0.757. The van der Waals surface area contributed by atoms with Crippen LogP contribution in [0.2, 0.25) is 0 Å². The predicted molar refractivity (Wildman–Crippen MR) is 87.9 cm³/mol. The van der Waals surface area contributed by atoms with Crippen molar-refractivity contribution in [2.24, 2.45) is 0 Å². The summed E-state index contributed by atoms with van der Waals surface area (Å²) in [6.45, 7) is 1.86. The number of rotatable bonds is 5. The van der Waals surface area contributed by atoms with Crippen LogP contribution < -0.4 is 4.72 Å². The molecule has 0 spiro atoms. The van der Waals surface area contributed by atoms with Crippen molar-refractivity contribution in [1.82, 2.24) is 4.72 Å². The number of carbonyl (C=O) groups excluding carboxylic acids is 1. The van der Waals surface area contributed by atoms with Crippen molar-refractivity contribution in [2.45, 2.75) is 23.1 Å². The van der Waals surface area contributed by atoms with Crippen LogP contribution in [0, 0.1) is 0 Å². The van der Waals surface area contributed by atoms with Crippen LogP contribution in [0.4, 0.5) is 0 Å². The first-order valence-corrected chi connectivity index (χ1v) is 10.8. The number of sulfonamides is 1. The Morgan fingerprint density at radius 2 is 1.78 bits per heavy atom. The van der Waals surface area contributed by atoms with E-state index >= 15 is 0 Å². The minimum absolute atomic E-state index is 0.127. The third-order valence-electron chi connectivity index (χ3n) is 3.10. The van der Waals surface area contributed by atoms with Gasteiger partial charge in [0.05, 0.1) is 14.7 Å². The van der Waals surface area contributed by atoms with Crippen molar-refractivity contribution in [3.8, 4) is 0 Å². The van der Waals surface area contributed by atoms with E-state index in [1.54, 1.807) is 11.4 Å². The first-order chi connectivity index (χ1) is 10.6. The zero-order chi connectivity index (χ0) is 17.3. The SMILES string of the molecule is CCc1ccsc1C(=O)NS(=O)(=O)c1cccc(S(C)(=O)=O)c1. The lowest BCUT2D eigenvalue weighted by atomic mass is 10.2. The molecule has 2 rings (SSSR count). The van der Waals surface area contributed by atoms with Crippen LogP contribution in [-0.2, 0) is 26.3 Å². The van der Waals surface area contributed by atoms with Crippen LogP contribution in [0.15, 0.2) is 45.5 Å². The molecule has 1 heterocycles. The molecule has 0 radical (unpaired) electrons. The second-order valence-corrected chi connectivity index (χ2v) is 9.42. The smallest absolute Gasteiger partial charge is 0.267 e. The highest BCUT2D eigenvalue weighted by Gasteiger charge is 2.22. The third kappa shape index (κ3) is 3.98. The van der Waals surface area contributed by atoms with Gasteiger partial charge in [-0.3, -0.25) is 4.79 Å². The summed E-state index contributed by atoms with van der Waals surface area (Å²) in [4.78, 5) is 12.1. The molecule has 2 aromatic rings. The maximum atomic E-state index is 12.3. The van der Waals surface area contributed by atoms with Crippen LogP contribution in [-0.4, -0.2) is 29.0 Å². The summed E-state index contributed by atoms with van der Waals surface area (Å²) in [6.07, 6.45) is 1.59. The van der Waals surface area contributed by atoms with Gasteiger partial charge in [-0.1, -0.05) is 13.0 Å². The van der Waals surface area contributed by atoms with Crippen molar-refractivity contribution in [3.05, 3.63) is 46.2 Å². The van der Waals surface area contributed by atoms with Gasteiger partial charge in [-0.05, 0) is 41.6 Å². The molecule has 124 valence electrons. The third-order valence-corrected chi connectivity index (χ3v) is 6.50. The van der Waals surface area contributed by atoms with Gasteiger partial charge >= 0.3 is 0 Å². The van der Waals surface area contributed by atoms with Gasteiger partial charge in [0.15, 0.2) is 9.84 Å². The lowest BCUT2D eigenvalue weighted by molar-refractivity contribution is 0.0984. The molecule has 0 saturated carbocycles. The van der Waals surface area contributed by atoms with Gasteiger partial charge in [0.1, 0.15) is 0 Å². The predicted octanol–water partition coefficient (Wildman–Crippen LogP) is 1.83. The molecular weight excluding hydrogens is 358 g/mol. The Balaban J connectivity index is 2.35. The number of hydrogen-bond donors (Lipinski definition) is 1. The normalized spacial score (nSPS) is 12.1. The maximum absolute atomic E-state index is 12.3. The molecule has 0 aliphatic heterocycles. The molecule has 0 saturated heterocycles. The molecule has 0 atom stereocenters. The fourth-order valence-corrected chi connectivity index (χ4v) is 4.61. The zero-order valence-corrected chi connectivity index (χ0v) is 14.9. The quantitative estimate of drug-likeness (QED) is 0.862. The lowest BCUT2D eigenvalue weighted by Gasteiger charge is -2.08. The van der Waals surface area contributed by atoms with Crippen LogP contribution in [0.1, 0.15) is 22.2 Å². The van der Waals surface area contributed by atoms with Gasteiger partial charge in [0, 0.05) is 6.26 Å². The number of aryl methyl sites for hydroxylation is 1. The van der Waals surface area contributed by atoms with Crippen LogP contribution in [0.25, 0.3) is 0 Å². The number of sulfone groups is 1. The highest BCUT2D eigenvalue weighted by molar-refractivity contribution is 7.91. The number of thiophene rings is 1. The second-order valence-electron chi connectivity index (χ2n) is 4.81. The van der Waals surface area contributed by atoms with Crippen LogP contribution >= 0.6 is 11.3 Å². The Kier molecular flexibility index (Phi) is 4.92. The summed E-state index contributed by atoms with van der Waals surface area (Å²) in [6, 6.07) is 6.64. The number of amides is 1. The standard InChI is InChI=1S/C14H15NO5S3/c1-3-10-7-8-21-13(10)14(16)15-23(19,20)12-6-4-5-11(9-12)22(2,17)18/h4-9H,3H2,1-2H3,(H,15,16). The summed E-state index contributed by atoms with van der Waals surface area (Å²) in [5.74, 6) is -0.721. The molecule has 0 aliphatic rings. The molecular formula is C14H15NO5S3. The summed E-state index contributed by atoms with van der Waals surface area (Å²) < 4.78 is 49.6. The van der Waals surface area contributed by atoms with Crippen molar-refractivity contribution in [2.75, 3.05) is 6.26 Å². The van der Waals surface area contributed by atoms with E-state index in [2.05, 4.69) is 0 Å². The average Bonchev–Trinajstić information content (AvgIpc) is 2.94. The minimum atomic E-state index is -4.15. The minimum Gasteiger partial charge on any atom is -0.267 e. The number of nitrogens with one attached hydrogen (secondary N) is 1. The second kappa shape index (κ2) is 6.42. The molecule has 9 heteroatoms. The molecule has 23 heavy (non-hydrogen) atoms. The molecule has 1 N–H and O–H groups in total. The Hall–Kier alpha value is -1.71. The van der Waals surface area contributed by atoms with Gasteiger partial charge in [-0.15, -0.1) is 11.3 Å². The van der Waals surface area contributed by atoms with E-state index in [4.69, 9.17) is 0 Å². The van der Waals surface area contributed by atoms with Crippen LogP contribution in [0.3, 0.4) is 0 Å². The first-order valence-electron chi connectivity index (χ1n) is 6.59. The van der Waals surface area contributed by atoms with E-state index < -0.39 is 25.8 Å². The van der Waals surface area contributed by atoms with Crippen LogP contribution in [0.5, 0.6) is 0 Å². The van der Waals surface area contributed by atoms with Crippen molar-refractivity contribution in [1.29, 1.82) is 0 Å². The summed E-state index contributed by atoms with van der Waals surface area (Å²) >= 11 is 1.15. The molecule has 1 amide bonds. The average molecular weight is 373 g/mol. The highest BCUT2D eigenvalue weighted by atomic mass is 32.2. The molecule has 6 nitrogen and oxygen atoms in total. The maximum Gasteiger partial charge on any atom is 0.275 e. The van der Waals surface area contributed by atoms with E-state index in [9.17, 15) is 21.6 Å². The largest absolute Gasteiger partial charge is 0.275 e. The molecule has 1 aromatic carbocycles. The Morgan fingerprint density at radius 1 is 1.13 bits per heavy atom. The van der Waals surface area contributed by atoms with Gasteiger partial charge in [-0.2, -0.15) is 0 Å². The van der Waals surface area contributed by atoms with Gasteiger partial charge in [0.2, 0.25) is 0 Å². The van der Waals surface area contributed by atoms with E-state index in [1.165, 1.54) is 18.2 Å². The lowest BCUT2D eigenvalue weighted by Crippen LogP contribution is -2.30. The number of benzene rings is 1. The van der Waals surface area contributed by atoms with Crippen molar-refractivity contribution in [3.63, 3.8) is 0 Å². The Bertz CT molecular complexity index is 942. The topological polar surface area (TPSA) is 97.4 Å². The van der Waals surface area contributed by atoms with Crippen molar-refractivity contribution < 1.29 is 21.6 Å². The van der Waals surface area contributed by atoms with E-state index in [0.29, 0.717) is 11.3 Å². The number of carbonyl (C=O) groups is 1. The highest BCUT2D eigenvalue weighted by Crippen LogP contribution is 2.19. The number of hydrogen-bond acceptors (Lipinski definition) is 6. The summed E-state index contributed by atoms with van der Waals surface area (Å²) in [5, 5.41) is 1.71. The molecule has 0 fully saturated rings. The molecule has 0 aliphatic carbocycles. The van der Waals surface area contributed by atoms with Crippen molar-refractivity contribution >= 4 is 37.1 Å². The Morgan fingerprint density at radius 3 is 2.39 bits per heavy atom. The monoisotopic (exact) mass is 373 g/mol. The fourth-order valence-electron chi connectivity index (χ4n) is 1.91. The fraction of sp³-hybridized carbons (Fsp3) is 0.214. The first kappa shape index (κ1) is 17.6. The molecule has 0 bridgehead atoms. The van der Waals surface area contributed by atoms with E-state index in [0.717, 1.165) is 29.2 Å². The molecule has 0 unspecified atom stereocenters. The van der Waals surface area contributed by atoms with Gasteiger partial charge < -0.3 is 0 Å². The Labute approximate surface area is 139 Å². The van der Waals surface area contributed by atoms with Gasteiger partial charge in [-0.25, -0.2) is 21.6 Å². The summed E-state index contributed by atoms with van der Waals surface area (Å²) in [7, 11) is -7.69. The van der Waals surface area contributed by atoms with Gasteiger partial charge in [0.25, 0.3) is 15.9 Å². The van der Waals surface area contributed by atoms with E-state index in [-0.39, 0.29) is 9.79 Å². The van der Waals surface area contributed by atoms with E-state index in [1.807, 2.05) is 11.6 Å². The molecule has 1 aromatic heterocycles.